The number of hydrogen-bond acceptors (Lipinski definition) is 3. The van der Waals surface area contributed by atoms with Crippen LogP contribution in [0.25, 0.3) is 0 Å². The molecule has 1 heterocycles. The second-order valence-electron chi connectivity index (χ2n) is 7.52. The molecule has 2 atom stereocenters. The van der Waals surface area contributed by atoms with E-state index in [-0.39, 0.29) is 17.2 Å². The minimum Gasteiger partial charge on any atom is -0.273 e. The van der Waals surface area contributed by atoms with Crippen LogP contribution in [0.2, 0.25) is 0 Å². The molecule has 1 saturated carbocycles. The lowest BCUT2D eigenvalue weighted by molar-refractivity contribution is -0.122. The van der Waals surface area contributed by atoms with Crippen LogP contribution in [0.1, 0.15) is 54.7 Å². The largest absolute Gasteiger partial charge is 0.273 e. The topological polar surface area (TPSA) is 41.5 Å². The van der Waals surface area contributed by atoms with Gasteiger partial charge in [0.2, 0.25) is 5.91 Å². The third-order valence-corrected chi connectivity index (χ3v) is 5.54. The molecule has 126 valence electrons. The first-order chi connectivity index (χ1) is 11.4. The lowest BCUT2D eigenvalue weighted by atomic mass is 9.86. The van der Waals surface area contributed by atoms with Crippen LogP contribution in [0, 0.1) is 12.8 Å². The smallest absolute Gasteiger partial charge is 0.243 e. The molecular weight excluding hydrogens is 316 g/mol. The van der Waals surface area contributed by atoms with Crippen molar-refractivity contribution in [2.24, 2.45) is 11.0 Å². The second-order valence-corrected chi connectivity index (χ2v) is 8.47. The molecule has 0 aliphatic heterocycles. The molecular formula is C20H24N2OS. The number of aryl methyl sites for hydroxylation is 1. The summed E-state index contributed by atoms with van der Waals surface area (Å²) < 4.78 is 0. The van der Waals surface area contributed by atoms with Crippen molar-refractivity contribution in [3.05, 3.63) is 57.3 Å². The van der Waals surface area contributed by atoms with E-state index in [4.69, 9.17) is 0 Å². The first-order valence-electron chi connectivity index (χ1n) is 8.33. The van der Waals surface area contributed by atoms with E-state index in [0.29, 0.717) is 5.92 Å². The molecule has 1 aliphatic carbocycles. The van der Waals surface area contributed by atoms with Gasteiger partial charge in [-0.25, -0.2) is 5.43 Å². The van der Waals surface area contributed by atoms with Gasteiger partial charge in [0.25, 0.3) is 0 Å². The number of hydrazone groups is 1. The number of carbonyl (C=O) groups excluding carboxylic acids is 1. The molecule has 0 radical (unpaired) electrons. The second kappa shape index (κ2) is 6.52. The number of nitrogens with one attached hydrogen (secondary N) is 1. The van der Waals surface area contributed by atoms with Crippen LogP contribution in [-0.4, -0.2) is 12.1 Å². The molecule has 2 aromatic rings. The fourth-order valence-corrected chi connectivity index (χ4v) is 3.62. The van der Waals surface area contributed by atoms with Crippen LogP contribution in [0.5, 0.6) is 0 Å². The lowest BCUT2D eigenvalue weighted by Crippen LogP contribution is -2.20. The van der Waals surface area contributed by atoms with Gasteiger partial charge in [-0.15, -0.1) is 11.3 Å². The minimum atomic E-state index is 0.0188. The highest BCUT2D eigenvalue weighted by atomic mass is 32.1. The zero-order valence-corrected chi connectivity index (χ0v) is 15.5. The maximum absolute atomic E-state index is 12.2. The molecule has 1 aromatic carbocycles. The van der Waals surface area contributed by atoms with Crippen molar-refractivity contribution in [3.63, 3.8) is 0 Å². The van der Waals surface area contributed by atoms with Crippen LogP contribution < -0.4 is 5.43 Å². The normalized spacial score (nSPS) is 20.3. The van der Waals surface area contributed by atoms with E-state index >= 15 is 0 Å². The molecule has 1 aliphatic rings. The van der Waals surface area contributed by atoms with E-state index in [0.717, 1.165) is 11.3 Å². The van der Waals surface area contributed by atoms with Crippen LogP contribution >= 0.6 is 11.3 Å². The number of rotatable bonds is 4. The summed E-state index contributed by atoms with van der Waals surface area (Å²) in [7, 11) is 0. The summed E-state index contributed by atoms with van der Waals surface area (Å²) in [5, 5.41) is 6.12. The minimum absolute atomic E-state index is 0.0188. The predicted molar refractivity (Wildman–Crippen MR) is 101 cm³/mol. The van der Waals surface area contributed by atoms with Gasteiger partial charge in [-0.3, -0.25) is 4.79 Å². The molecule has 1 aromatic heterocycles. The quantitative estimate of drug-likeness (QED) is 0.641. The highest BCUT2D eigenvalue weighted by Crippen LogP contribution is 2.47. The van der Waals surface area contributed by atoms with Gasteiger partial charge in [-0.05, 0) is 52.8 Å². The number of nitrogens with zero attached hydrogens (tertiary/aromatic N) is 1. The molecule has 24 heavy (non-hydrogen) atoms. The SMILES string of the molecule is Cc1ccsc1C=NNC(=O)[C@@H]1C[C@H]1c1ccc(C(C)(C)C)cc1. The number of benzene rings is 1. The van der Waals surface area contributed by atoms with Gasteiger partial charge in [0.15, 0.2) is 0 Å². The molecule has 3 rings (SSSR count). The Bertz CT molecular complexity index is 753. The Morgan fingerprint density at radius 1 is 1.25 bits per heavy atom. The van der Waals surface area contributed by atoms with Crippen molar-refractivity contribution in [1.29, 1.82) is 0 Å². The molecule has 3 nitrogen and oxygen atoms in total. The fourth-order valence-electron chi connectivity index (χ4n) is 2.84. The zero-order valence-electron chi connectivity index (χ0n) is 14.7. The van der Waals surface area contributed by atoms with Crippen LogP contribution in [0.15, 0.2) is 40.8 Å². The van der Waals surface area contributed by atoms with E-state index in [1.165, 1.54) is 16.7 Å². The summed E-state index contributed by atoms with van der Waals surface area (Å²) in [6.07, 6.45) is 2.64. The summed E-state index contributed by atoms with van der Waals surface area (Å²) >= 11 is 1.63. The van der Waals surface area contributed by atoms with Gasteiger partial charge in [-0.2, -0.15) is 5.10 Å². The summed E-state index contributed by atoms with van der Waals surface area (Å²) in [6, 6.07) is 10.7. The van der Waals surface area contributed by atoms with E-state index in [9.17, 15) is 4.79 Å². The predicted octanol–water partition coefficient (Wildman–Crippen LogP) is 4.61. The zero-order chi connectivity index (χ0) is 17.3. The monoisotopic (exact) mass is 340 g/mol. The van der Waals surface area contributed by atoms with Gasteiger partial charge in [0.1, 0.15) is 0 Å². The van der Waals surface area contributed by atoms with E-state index < -0.39 is 0 Å². The third kappa shape index (κ3) is 3.75. The Labute approximate surface area is 147 Å². The van der Waals surface area contributed by atoms with E-state index in [1.54, 1.807) is 17.6 Å². The molecule has 0 bridgehead atoms. The average Bonchev–Trinajstić information content (AvgIpc) is 3.24. The standard InChI is InChI=1S/C20H24N2OS/c1-13-9-10-24-18(13)12-21-22-19(23)17-11-16(17)14-5-7-15(8-6-14)20(2,3)4/h5-10,12,16-17H,11H2,1-4H3,(H,22,23)/t16-,17+/m0/s1. The molecule has 1 fully saturated rings. The van der Waals surface area contributed by atoms with Gasteiger partial charge >= 0.3 is 0 Å². The van der Waals surface area contributed by atoms with Crippen molar-refractivity contribution in [1.82, 2.24) is 5.43 Å². The summed E-state index contributed by atoms with van der Waals surface area (Å²) in [6.45, 7) is 8.67. The number of thiophene rings is 1. The van der Waals surface area contributed by atoms with Gasteiger partial charge in [-0.1, -0.05) is 45.0 Å². The van der Waals surface area contributed by atoms with Gasteiger partial charge in [0, 0.05) is 10.8 Å². The highest BCUT2D eigenvalue weighted by Gasteiger charge is 2.43. The van der Waals surface area contributed by atoms with Crippen LogP contribution in [0.4, 0.5) is 0 Å². The number of carbonyl (C=O) groups is 1. The fraction of sp³-hybridized carbons (Fsp3) is 0.400. The average molecular weight is 340 g/mol. The Balaban J connectivity index is 1.56. The van der Waals surface area contributed by atoms with Crippen molar-refractivity contribution >= 4 is 23.5 Å². The van der Waals surface area contributed by atoms with Crippen molar-refractivity contribution in [2.75, 3.05) is 0 Å². The van der Waals surface area contributed by atoms with Gasteiger partial charge in [0.05, 0.1) is 6.21 Å². The molecule has 0 unspecified atom stereocenters. The molecule has 0 saturated heterocycles. The first-order valence-corrected chi connectivity index (χ1v) is 9.21. The Kier molecular flexibility index (Phi) is 4.59. The first kappa shape index (κ1) is 16.9. The summed E-state index contributed by atoms with van der Waals surface area (Å²) in [4.78, 5) is 13.3. The van der Waals surface area contributed by atoms with Crippen molar-refractivity contribution in [2.45, 2.75) is 45.4 Å². The maximum Gasteiger partial charge on any atom is 0.243 e. The van der Waals surface area contributed by atoms with E-state index in [1.807, 2.05) is 18.4 Å². The Hall–Kier alpha value is -1.94. The van der Waals surface area contributed by atoms with Crippen LogP contribution in [0.3, 0.4) is 0 Å². The molecule has 4 heteroatoms. The molecule has 0 spiro atoms. The number of amides is 1. The maximum atomic E-state index is 12.2. The summed E-state index contributed by atoms with van der Waals surface area (Å²) in [5.74, 6) is 0.398. The van der Waals surface area contributed by atoms with E-state index in [2.05, 4.69) is 55.6 Å². The van der Waals surface area contributed by atoms with Gasteiger partial charge < -0.3 is 0 Å². The lowest BCUT2D eigenvalue weighted by Gasteiger charge is -2.19. The Morgan fingerprint density at radius 3 is 2.54 bits per heavy atom. The van der Waals surface area contributed by atoms with Crippen molar-refractivity contribution in [3.8, 4) is 0 Å². The van der Waals surface area contributed by atoms with Crippen molar-refractivity contribution < 1.29 is 4.79 Å². The summed E-state index contributed by atoms with van der Waals surface area (Å²) in [5.41, 5.74) is 6.60. The Morgan fingerprint density at radius 2 is 1.96 bits per heavy atom. The number of hydrogen-bond donors (Lipinski definition) is 1. The highest BCUT2D eigenvalue weighted by molar-refractivity contribution is 7.11. The third-order valence-electron chi connectivity index (χ3n) is 4.59. The molecule has 1 N–H and O–H groups in total. The van der Waals surface area contributed by atoms with Crippen LogP contribution in [-0.2, 0) is 10.2 Å². The molecule has 1 amide bonds.